The number of pyridine rings is 1. The number of nitrogens with two attached hydrogens (primary N) is 1. The molecule has 2 aromatic rings. The van der Waals surface area contributed by atoms with Gasteiger partial charge in [0, 0.05) is 18.3 Å². The number of anilines is 1. The van der Waals surface area contributed by atoms with Crippen molar-refractivity contribution in [2.24, 2.45) is 0 Å². The molecule has 25 heavy (non-hydrogen) atoms. The van der Waals surface area contributed by atoms with Crippen LogP contribution in [0.4, 0.5) is 5.69 Å². The SMILES string of the molecule is CCOc1ccc(N2C(=O)CC([NH2+]CCc3ccccn3)C2=O)cc1. The summed E-state index contributed by atoms with van der Waals surface area (Å²) < 4.78 is 5.39. The van der Waals surface area contributed by atoms with Gasteiger partial charge in [0.2, 0.25) is 5.91 Å². The molecule has 1 atom stereocenters. The summed E-state index contributed by atoms with van der Waals surface area (Å²) in [6, 6.07) is 12.5. The van der Waals surface area contributed by atoms with E-state index in [9.17, 15) is 9.59 Å². The lowest BCUT2D eigenvalue weighted by Crippen LogP contribution is -2.92. The smallest absolute Gasteiger partial charge is 0.292 e. The molecule has 3 rings (SSSR count). The summed E-state index contributed by atoms with van der Waals surface area (Å²) in [5.74, 6) is 0.409. The molecule has 1 unspecified atom stereocenters. The molecule has 2 N–H and O–H groups in total. The second-order valence-corrected chi connectivity index (χ2v) is 5.90. The predicted octanol–water partition coefficient (Wildman–Crippen LogP) is 0.918. The number of benzene rings is 1. The van der Waals surface area contributed by atoms with Crippen LogP contribution in [0.15, 0.2) is 48.7 Å². The Bertz CT molecular complexity index is 731. The molecule has 0 radical (unpaired) electrons. The summed E-state index contributed by atoms with van der Waals surface area (Å²) in [6.07, 6.45) is 2.75. The van der Waals surface area contributed by atoms with Gasteiger partial charge in [-0.15, -0.1) is 0 Å². The Kier molecular flexibility index (Phi) is 5.40. The Labute approximate surface area is 146 Å². The number of amides is 2. The number of quaternary nitrogens is 1. The third kappa shape index (κ3) is 4.03. The topological polar surface area (TPSA) is 76.1 Å². The maximum atomic E-state index is 12.6. The predicted molar refractivity (Wildman–Crippen MR) is 93.2 cm³/mol. The Morgan fingerprint density at radius 1 is 1.20 bits per heavy atom. The summed E-state index contributed by atoms with van der Waals surface area (Å²) >= 11 is 0. The number of nitrogens with zero attached hydrogens (tertiary/aromatic N) is 2. The molecule has 0 bridgehead atoms. The number of carbonyl (C=O) groups is 2. The molecule has 130 valence electrons. The number of ether oxygens (including phenoxy) is 1. The molecule has 1 aliphatic rings. The first kappa shape index (κ1) is 17.1. The van der Waals surface area contributed by atoms with Crippen molar-refractivity contribution in [1.82, 2.24) is 4.98 Å². The monoisotopic (exact) mass is 340 g/mol. The minimum Gasteiger partial charge on any atom is -0.494 e. The van der Waals surface area contributed by atoms with E-state index in [1.54, 1.807) is 30.5 Å². The minimum atomic E-state index is -0.359. The molecule has 1 aromatic heterocycles. The van der Waals surface area contributed by atoms with Crippen LogP contribution in [0.1, 0.15) is 19.0 Å². The lowest BCUT2D eigenvalue weighted by atomic mass is 10.2. The van der Waals surface area contributed by atoms with Crippen LogP contribution >= 0.6 is 0 Å². The average molecular weight is 340 g/mol. The highest BCUT2D eigenvalue weighted by molar-refractivity contribution is 6.21. The third-order valence-electron chi connectivity index (χ3n) is 4.17. The van der Waals surface area contributed by atoms with Gasteiger partial charge in [-0.3, -0.25) is 14.6 Å². The van der Waals surface area contributed by atoms with Gasteiger partial charge in [-0.1, -0.05) is 6.07 Å². The largest absolute Gasteiger partial charge is 0.494 e. The van der Waals surface area contributed by atoms with E-state index in [0.29, 0.717) is 12.3 Å². The molecule has 1 aliphatic heterocycles. The number of hydrogen-bond donors (Lipinski definition) is 1. The standard InChI is InChI=1S/C19H21N3O3/c1-2-25-16-8-6-15(7-9-16)22-18(23)13-17(19(22)24)21-12-10-14-5-3-4-11-20-14/h3-9,11,17,21H,2,10,12-13H2,1H3/p+1. The third-order valence-corrected chi connectivity index (χ3v) is 4.17. The van der Waals surface area contributed by atoms with E-state index in [2.05, 4.69) is 4.98 Å². The highest BCUT2D eigenvalue weighted by Crippen LogP contribution is 2.24. The van der Waals surface area contributed by atoms with Crippen molar-refractivity contribution < 1.29 is 19.6 Å². The van der Waals surface area contributed by atoms with E-state index in [1.807, 2.05) is 30.4 Å². The second-order valence-electron chi connectivity index (χ2n) is 5.90. The van der Waals surface area contributed by atoms with Crippen molar-refractivity contribution in [3.8, 4) is 5.75 Å². The number of rotatable bonds is 7. The fourth-order valence-electron chi connectivity index (χ4n) is 2.95. The fourth-order valence-corrected chi connectivity index (χ4v) is 2.95. The van der Waals surface area contributed by atoms with Crippen LogP contribution in [0.5, 0.6) is 5.75 Å². The van der Waals surface area contributed by atoms with Gasteiger partial charge in [0.25, 0.3) is 5.91 Å². The Morgan fingerprint density at radius 3 is 2.68 bits per heavy atom. The van der Waals surface area contributed by atoms with Gasteiger partial charge < -0.3 is 10.1 Å². The summed E-state index contributed by atoms with van der Waals surface area (Å²) in [7, 11) is 0. The molecule has 0 aliphatic carbocycles. The van der Waals surface area contributed by atoms with E-state index in [0.717, 1.165) is 24.4 Å². The van der Waals surface area contributed by atoms with Crippen molar-refractivity contribution in [3.05, 3.63) is 54.4 Å². The van der Waals surface area contributed by atoms with Crippen LogP contribution in [-0.4, -0.2) is 36.0 Å². The van der Waals surface area contributed by atoms with Crippen LogP contribution in [0.3, 0.4) is 0 Å². The van der Waals surface area contributed by atoms with E-state index in [-0.39, 0.29) is 24.3 Å². The molecule has 0 spiro atoms. The molecule has 0 saturated carbocycles. The average Bonchev–Trinajstić information content (AvgIpc) is 2.91. The maximum Gasteiger partial charge on any atom is 0.292 e. The van der Waals surface area contributed by atoms with Gasteiger partial charge in [-0.05, 0) is 43.3 Å². The number of hydrogen-bond acceptors (Lipinski definition) is 4. The zero-order valence-corrected chi connectivity index (χ0v) is 14.2. The minimum absolute atomic E-state index is 0.157. The van der Waals surface area contributed by atoms with Crippen LogP contribution in [-0.2, 0) is 16.0 Å². The van der Waals surface area contributed by atoms with Crippen molar-refractivity contribution in [3.63, 3.8) is 0 Å². The van der Waals surface area contributed by atoms with Crippen molar-refractivity contribution in [2.75, 3.05) is 18.1 Å². The first-order valence-corrected chi connectivity index (χ1v) is 8.52. The highest BCUT2D eigenvalue weighted by atomic mass is 16.5. The molecule has 6 heteroatoms. The van der Waals surface area contributed by atoms with Gasteiger partial charge in [0.1, 0.15) is 5.75 Å². The second kappa shape index (κ2) is 7.90. The highest BCUT2D eigenvalue weighted by Gasteiger charge is 2.42. The quantitative estimate of drug-likeness (QED) is 0.761. The van der Waals surface area contributed by atoms with E-state index in [4.69, 9.17) is 4.74 Å². The zero-order chi connectivity index (χ0) is 17.6. The van der Waals surface area contributed by atoms with Gasteiger partial charge >= 0.3 is 0 Å². The summed E-state index contributed by atoms with van der Waals surface area (Å²) in [5.41, 5.74) is 1.58. The summed E-state index contributed by atoms with van der Waals surface area (Å²) in [5, 5.41) is 1.93. The maximum absolute atomic E-state index is 12.6. The van der Waals surface area contributed by atoms with Crippen molar-refractivity contribution in [2.45, 2.75) is 25.8 Å². The van der Waals surface area contributed by atoms with Gasteiger partial charge in [-0.25, -0.2) is 4.90 Å². The molecule has 1 aromatic carbocycles. The molecule has 2 heterocycles. The van der Waals surface area contributed by atoms with Crippen LogP contribution in [0.2, 0.25) is 0 Å². The van der Waals surface area contributed by atoms with Crippen LogP contribution < -0.4 is 15.0 Å². The molecular formula is C19H22N3O3+. The van der Waals surface area contributed by atoms with Crippen molar-refractivity contribution in [1.29, 1.82) is 0 Å². The molecule has 1 fully saturated rings. The van der Waals surface area contributed by atoms with Crippen LogP contribution in [0.25, 0.3) is 0 Å². The van der Waals surface area contributed by atoms with Gasteiger partial charge in [0.15, 0.2) is 6.04 Å². The normalized spacial score (nSPS) is 17.2. The van der Waals surface area contributed by atoms with Gasteiger partial charge in [-0.2, -0.15) is 0 Å². The van der Waals surface area contributed by atoms with E-state index < -0.39 is 0 Å². The lowest BCUT2D eigenvalue weighted by Gasteiger charge is -2.14. The zero-order valence-electron chi connectivity index (χ0n) is 14.2. The lowest BCUT2D eigenvalue weighted by molar-refractivity contribution is -0.674. The molecule has 1 saturated heterocycles. The fraction of sp³-hybridized carbons (Fsp3) is 0.316. The molecule has 6 nitrogen and oxygen atoms in total. The molecule has 2 amide bonds. The summed E-state index contributed by atoms with van der Waals surface area (Å²) in [4.78, 5) is 30.4. The number of carbonyl (C=O) groups excluding carboxylic acids is 2. The first-order chi connectivity index (χ1) is 12.2. The van der Waals surface area contributed by atoms with Crippen molar-refractivity contribution >= 4 is 17.5 Å². The van der Waals surface area contributed by atoms with E-state index in [1.165, 1.54) is 4.90 Å². The number of aromatic nitrogens is 1. The summed E-state index contributed by atoms with van der Waals surface area (Å²) in [6.45, 7) is 3.21. The van der Waals surface area contributed by atoms with Crippen LogP contribution in [0, 0.1) is 0 Å². The Balaban J connectivity index is 1.59. The molecular weight excluding hydrogens is 318 g/mol. The Hall–Kier alpha value is -2.73. The van der Waals surface area contributed by atoms with E-state index >= 15 is 0 Å². The number of imide groups is 1. The first-order valence-electron chi connectivity index (χ1n) is 8.52. The van der Waals surface area contributed by atoms with Gasteiger partial charge in [0.05, 0.1) is 25.3 Å². The Morgan fingerprint density at radius 2 is 2.00 bits per heavy atom.